The monoisotopic (exact) mass is 231 g/mol. The van der Waals surface area contributed by atoms with E-state index in [-0.39, 0.29) is 5.91 Å². The van der Waals surface area contributed by atoms with E-state index in [1.54, 1.807) is 0 Å². The van der Waals surface area contributed by atoms with E-state index in [1.165, 1.54) is 16.7 Å². The molecule has 86 valence electrons. The van der Waals surface area contributed by atoms with Crippen LogP contribution in [-0.2, 0) is 9.59 Å². The minimum Gasteiger partial charge on any atom is -0.480 e. The molecule has 0 aromatic carbocycles. The fraction of sp³-hybridized carbons (Fsp3) is 0.800. The minimum absolute atomic E-state index is 0.0533. The molecule has 0 aromatic heterocycles. The standard InChI is InChI=1S/C10H17NO3S/c1-4-10(2,3)9(14)11-6-15-5-7(11)8(12)13/h7H,4-6H2,1-3H3,(H,12,13)/t7-/m0/s1. The molecule has 1 saturated heterocycles. The van der Waals surface area contributed by atoms with Crippen molar-refractivity contribution in [3.8, 4) is 0 Å². The smallest absolute Gasteiger partial charge is 0.327 e. The Morgan fingerprint density at radius 1 is 1.53 bits per heavy atom. The van der Waals surface area contributed by atoms with Crippen LogP contribution in [-0.4, -0.2) is 39.6 Å². The van der Waals surface area contributed by atoms with Crippen molar-refractivity contribution in [3.63, 3.8) is 0 Å². The van der Waals surface area contributed by atoms with Crippen molar-refractivity contribution >= 4 is 23.6 Å². The summed E-state index contributed by atoms with van der Waals surface area (Å²) in [6.45, 7) is 5.66. The molecule has 1 heterocycles. The van der Waals surface area contributed by atoms with Crippen molar-refractivity contribution in [2.75, 3.05) is 11.6 Å². The molecule has 1 fully saturated rings. The molecule has 4 nitrogen and oxygen atoms in total. The van der Waals surface area contributed by atoms with Gasteiger partial charge in [-0.15, -0.1) is 11.8 Å². The lowest BCUT2D eigenvalue weighted by atomic mass is 9.88. The molecule has 1 amide bonds. The van der Waals surface area contributed by atoms with Crippen molar-refractivity contribution in [2.24, 2.45) is 5.41 Å². The first-order chi connectivity index (χ1) is 6.90. The van der Waals surface area contributed by atoms with Gasteiger partial charge in [-0.25, -0.2) is 4.79 Å². The third kappa shape index (κ3) is 2.45. The van der Waals surface area contributed by atoms with Crippen LogP contribution in [0.3, 0.4) is 0 Å². The molecule has 0 unspecified atom stereocenters. The van der Waals surface area contributed by atoms with Crippen LogP contribution in [0.4, 0.5) is 0 Å². The van der Waals surface area contributed by atoms with Gasteiger partial charge in [0, 0.05) is 11.2 Å². The number of hydrogen-bond acceptors (Lipinski definition) is 3. The lowest BCUT2D eigenvalue weighted by molar-refractivity contribution is -0.151. The zero-order valence-corrected chi connectivity index (χ0v) is 10.1. The Morgan fingerprint density at radius 3 is 2.60 bits per heavy atom. The Morgan fingerprint density at radius 2 is 2.13 bits per heavy atom. The second-order valence-electron chi connectivity index (χ2n) is 4.37. The maximum atomic E-state index is 12.1. The van der Waals surface area contributed by atoms with E-state index in [9.17, 15) is 9.59 Å². The Balaban J connectivity index is 2.79. The van der Waals surface area contributed by atoms with Gasteiger partial charge < -0.3 is 10.0 Å². The average Bonchev–Trinajstić information content (AvgIpc) is 2.64. The molecule has 15 heavy (non-hydrogen) atoms. The summed E-state index contributed by atoms with van der Waals surface area (Å²) in [5.41, 5.74) is -0.460. The van der Waals surface area contributed by atoms with Crippen LogP contribution in [0.25, 0.3) is 0 Å². The van der Waals surface area contributed by atoms with Gasteiger partial charge in [0.25, 0.3) is 0 Å². The Kier molecular flexibility index (Phi) is 3.65. The van der Waals surface area contributed by atoms with Crippen molar-refractivity contribution < 1.29 is 14.7 Å². The highest BCUT2D eigenvalue weighted by molar-refractivity contribution is 7.99. The highest BCUT2D eigenvalue weighted by Crippen LogP contribution is 2.29. The quantitative estimate of drug-likeness (QED) is 0.798. The normalized spacial score (nSPS) is 21.8. The first-order valence-corrected chi connectivity index (χ1v) is 6.17. The molecule has 0 saturated carbocycles. The third-order valence-electron chi connectivity index (χ3n) is 2.89. The third-order valence-corrected chi connectivity index (χ3v) is 3.90. The number of thioether (sulfide) groups is 1. The largest absolute Gasteiger partial charge is 0.480 e. The number of hydrogen-bond donors (Lipinski definition) is 1. The van der Waals surface area contributed by atoms with Gasteiger partial charge in [-0.2, -0.15) is 0 Å². The van der Waals surface area contributed by atoms with Gasteiger partial charge in [0.15, 0.2) is 0 Å². The van der Waals surface area contributed by atoms with Crippen molar-refractivity contribution in [2.45, 2.75) is 33.2 Å². The van der Waals surface area contributed by atoms with Gasteiger partial charge in [-0.3, -0.25) is 4.79 Å². The van der Waals surface area contributed by atoms with Crippen molar-refractivity contribution in [1.82, 2.24) is 4.90 Å². The summed E-state index contributed by atoms with van der Waals surface area (Å²) < 4.78 is 0. The summed E-state index contributed by atoms with van der Waals surface area (Å²) in [7, 11) is 0. The van der Waals surface area contributed by atoms with E-state index in [4.69, 9.17) is 5.11 Å². The van der Waals surface area contributed by atoms with Crippen LogP contribution in [0.15, 0.2) is 0 Å². The molecule has 1 N–H and O–H groups in total. The summed E-state index contributed by atoms with van der Waals surface area (Å²) in [6, 6.07) is -0.645. The van der Waals surface area contributed by atoms with Gasteiger partial charge >= 0.3 is 5.97 Å². The fourth-order valence-corrected chi connectivity index (χ4v) is 2.53. The highest BCUT2D eigenvalue weighted by atomic mass is 32.2. The minimum atomic E-state index is -0.903. The second kappa shape index (κ2) is 4.43. The lowest BCUT2D eigenvalue weighted by Gasteiger charge is -2.30. The maximum Gasteiger partial charge on any atom is 0.327 e. The molecule has 0 aromatic rings. The molecular formula is C10H17NO3S. The number of carboxylic acid groups (broad SMARTS) is 1. The van der Waals surface area contributed by atoms with E-state index in [0.717, 1.165) is 6.42 Å². The Labute approximate surface area is 94.0 Å². The average molecular weight is 231 g/mol. The van der Waals surface area contributed by atoms with Crippen LogP contribution in [0.1, 0.15) is 27.2 Å². The van der Waals surface area contributed by atoms with E-state index in [2.05, 4.69) is 0 Å². The molecule has 1 rings (SSSR count). The van der Waals surface area contributed by atoms with E-state index < -0.39 is 17.4 Å². The Bertz CT molecular complexity index is 278. The molecule has 1 atom stereocenters. The summed E-state index contributed by atoms with van der Waals surface area (Å²) in [4.78, 5) is 24.5. The van der Waals surface area contributed by atoms with E-state index in [0.29, 0.717) is 11.6 Å². The first-order valence-electron chi connectivity index (χ1n) is 5.01. The Hall–Kier alpha value is -0.710. The molecule has 0 aliphatic carbocycles. The van der Waals surface area contributed by atoms with Crippen LogP contribution in [0.2, 0.25) is 0 Å². The molecule has 0 bridgehead atoms. The molecule has 5 heteroatoms. The fourth-order valence-electron chi connectivity index (χ4n) is 1.39. The van der Waals surface area contributed by atoms with Crippen molar-refractivity contribution in [3.05, 3.63) is 0 Å². The van der Waals surface area contributed by atoms with Crippen LogP contribution in [0.5, 0.6) is 0 Å². The number of carbonyl (C=O) groups is 2. The zero-order valence-electron chi connectivity index (χ0n) is 9.32. The van der Waals surface area contributed by atoms with Gasteiger partial charge in [-0.1, -0.05) is 20.8 Å². The molecular weight excluding hydrogens is 214 g/mol. The first kappa shape index (κ1) is 12.4. The predicted octanol–water partition coefficient (Wildman–Crippen LogP) is 1.41. The van der Waals surface area contributed by atoms with Crippen molar-refractivity contribution in [1.29, 1.82) is 0 Å². The number of nitrogens with zero attached hydrogens (tertiary/aromatic N) is 1. The summed E-state index contributed by atoms with van der Waals surface area (Å²) in [6.07, 6.45) is 0.722. The highest BCUT2D eigenvalue weighted by Gasteiger charge is 2.40. The number of aliphatic carboxylic acids is 1. The van der Waals surface area contributed by atoms with Gasteiger partial charge in [0.1, 0.15) is 6.04 Å². The number of amides is 1. The van der Waals surface area contributed by atoms with Crippen LogP contribution in [0, 0.1) is 5.41 Å². The topological polar surface area (TPSA) is 57.6 Å². The number of carbonyl (C=O) groups excluding carboxylic acids is 1. The molecule has 1 aliphatic rings. The zero-order chi connectivity index (χ0) is 11.6. The molecule has 0 spiro atoms. The van der Waals surface area contributed by atoms with Gasteiger partial charge in [-0.05, 0) is 6.42 Å². The van der Waals surface area contributed by atoms with Gasteiger partial charge in [0.2, 0.25) is 5.91 Å². The number of rotatable bonds is 3. The maximum absolute atomic E-state index is 12.1. The second-order valence-corrected chi connectivity index (χ2v) is 5.37. The van der Waals surface area contributed by atoms with Crippen LogP contribution < -0.4 is 0 Å². The van der Waals surface area contributed by atoms with E-state index >= 15 is 0 Å². The van der Waals surface area contributed by atoms with E-state index in [1.807, 2.05) is 20.8 Å². The number of carboxylic acids is 1. The summed E-state index contributed by atoms with van der Waals surface area (Å²) in [5, 5.41) is 8.96. The lowest BCUT2D eigenvalue weighted by Crippen LogP contribution is -2.47. The summed E-state index contributed by atoms with van der Waals surface area (Å²) >= 11 is 1.50. The molecule has 0 radical (unpaired) electrons. The SMILES string of the molecule is CCC(C)(C)C(=O)N1CSC[C@H]1C(=O)O. The predicted molar refractivity (Wildman–Crippen MR) is 59.7 cm³/mol. The van der Waals surface area contributed by atoms with Crippen LogP contribution >= 0.6 is 11.8 Å². The van der Waals surface area contributed by atoms with Gasteiger partial charge in [0.05, 0.1) is 5.88 Å². The molecule has 1 aliphatic heterocycles. The summed E-state index contributed by atoms with van der Waals surface area (Å²) in [5.74, 6) is 0.0442.